The Morgan fingerprint density at radius 1 is 0.969 bits per heavy atom. The van der Waals surface area contributed by atoms with Crippen molar-refractivity contribution < 1.29 is 19.1 Å². The first-order chi connectivity index (χ1) is 15.5. The number of unbranched alkanes of at least 4 members (excludes halogenated alkanes) is 1. The monoisotopic (exact) mass is 462 g/mol. The van der Waals surface area contributed by atoms with Crippen molar-refractivity contribution >= 4 is 46.3 Å². The molecule has 7 heteroatoms. The molecule has 162 valence electrons. The SMILES string of the molecule is O=C([O-])CCCCN1C(=O)/C(=C/c2ccc(-c3ccc(-c4ccccc4)cc3)o2)SC1=S. The molecule has 4 rings (SSSR count). The first-order valence-corrected chi connectivity index (χ1v) is 11.4. The topological polar surface area (TPSA) is 73.6 Å². The summed E-state index contributed by atoms with van der Waals surface area (Å²) in [4.78, 5) is 25.2. The lowest BCUT2D eigenvalue weighted by molar-refractivity contribution is -0.305. The minimum atomic E-state index is -1.08. The van der Waals surface area contributed by atoms with Crippen molar-refractivity contribution in [3.8, 4) is 22.5 Å². The number of thioether (sulfide) groups is 1. The third kappa shape index (κ3) is 5.18. The number of amides is 1. The molecule has 1 aliphatic rings. The van der Waals surface area contributed by atoms with E-state index in [1.165, 1.54) is 16.7 Å². The average molecular weight is 463 g/mol. The Labute approximate surface area is 195 Å². The van der Waals surface area contributed by atoms with Crippen LogP contribution < -0.4 is 5.11 Å². The summed E-state index contributed by atoms with van der Waals surface area (Å²) in [5.74, 6) is 0.0236. The number of furan rings is 1. The lowest BCUT2D eigenvalue weighted by Gasteiger charge is -2.14. The summed E-state index contributed by atoms with van der Waals surface area (Å²) < 4.78 is 6.42. The normalized spacial score (nSPS) is 15.0. The van der Waals surface area contributed by atoms with Crippen molar-refractivity contribution in [2.24, 2.45) is 0 Å². The number of hydrogen-bond acceptors (Lipinski definition) is 6. The number of thiocarbonyl (C=S) groups is 1. The molecule has 0 bridgehead atoms. The number of carbonyl (C=O) groups is 2. The lowest BCUT2D eigenvalue weighted by atomic mass is 10.0. The predicted octanol–water partition coefficient (Wildman–Crippen LogP) is 4.74. The second kappa shape index (κ2) is 9.97. The van der Waals surface area contributed by atoms with Crippen LogP contribution in [-0.2, 0) is 9.59 Å². The van der Waals surface area contributed by atoms with Gasteiger partial charge < -0.3 is 14.3 Å². The number of carboxylic acids is 1. The summed E-state index contributed by atoms with van der Waals surface area (Å²) in [5, 5.41) is 10.5. The van der Waals surface area contributed by atoms with Crippen LogP contribution in [0.2, 0.25) is 0 Å². The third-order valence-electron chi connectivity index (χ3n) is 5.06. The van der Waals surface area contributed by atoms with Crippen LogP contribution in [0.5, 0.6) is 0 Å². The van der Waals surface area contributed by atoms with Crippen molar-refractivity contribution in [3.05, 3.63) is 77.4 Å². The molecule has 1 aliphatic heterocycles. The highest BCUT2D eigenvalue weighted by Crippen LogP contribution is 2.34. The van der Waals surface area contributed by atoms with Crippen molar-refractivity contribution in [2.75, 3.05) is 6.54 Å². The lowest BCUT2D eigenvalue weighted by Crippen LogP contribution is -2.29. The maximum atomic E-state index is 12.7. The van der Waals surface area contributed by atoms with Crippen LogP contribution in [0.4, 0.5) is 0 Å². The number of carbonyl (C=O) groups excluding carboxylic acids is 2. The zero-order valence-corrected chi connectivity index (χ0v) is 18.8. The first kappa shape index (κ1) is 22.0. The van der Waals surface area contributed by atoms with Gasteiger partial charge in [0.2, 0.25) is 0 Å². The van der Waals surface area contributed by atoms with Gasteiger partial charge in [-0.2, -0.15) is 0 Å². The van der Waals surface area contributed by atoms with E-state index in [4.69, 9.17) is 16.6 Å². The van der Waals surface area contributed by atoms with Crippen molar-refractivity contribution in [3.63, 3.8) is 0 Å². The third-order valence-corrected chi connectivity index (χ3v) is 6.44. The Morgan fingerprint density at radius 2 is 1.66 bits per heavy atom. The fourth-order valence-corrected chi connectivity index (χ4v) is 4.69. The maximum absolute atomic E-state index is 12.7. The van der Waals surface area contributed by atoms with E-state index in [0.717, 1.165) is 16.7 Å². The molecule has 2 aromatic carbocycles. The first-order valence-electron chi connectivity index (χ1n) is 10.2. The second-order valence-electron chi connectivity index (χ2n) is 7.31. The summed E-state index contributed by atoms with van der Waals surface area (Å²) in [6, 6.07) is 22.0. The van der Waals surface area contributed by atoms with Crippen LogP contribution in [0.3, 0.4) is 0 Å². The molecule has 1 saturated heterocycles. The Morgan fingerprint density at radius 3 is 2.38 bits per heavy atom. The molecule has 1 fully saturated rings. The van der Waals surface area contributed by atoms with Gasteiger partial charge in [-0.3, -0.25) is 9.69 Å². The van der Waals surface area contributed by atoms with E-state index in [9.17, 15) is 14.7 Å². The van der Waals surface area contributed by atoms with E-state index in [1.807, 2.05) is 42.5 Å². The van der Waals surface area contributed by atoms with Crippen molar-refractivity contribution in [2.45, 2.75) is 19.3 Å². The molecule has 0 spiro atoms. The minimum absolute atomic E-state index is 0.0217. The van der Waals surface area contributed by atoms with E-state index < -0.39 is 5.97 Å². The van der Waals surface area contributed by atoms with Crippen LogP contribution in [0.1, 0.15) is 25.0 Å². The fraction of sp³-hybridized carbons (Fsp3) is 0.160. The fourth-order valence-electron chi connectivity index (χ4n) is 3.40. The molecule has 32 heavy (non-hydrogen) atoms. The second-order valence-corrected chi connectivity index (χ2v) is 8.98. The van der Waals surface area contributed by atoms with Gasteiger partial charge in [-0.1, -0.05) is 78.6 Å². The van der Waals surface area contributed by atoms with Gasteiger partial charge in [-0.25, -0.2) is 0 Å². The van der Waals surface area contributed by atoms with E-state index in [2.05, 4.69) is 24.3 Å². The van der Waals surface area contributed by atoms with Gasteiger partial charge in [-0.15, -0.1) is 0 Å². The van der Waals surface area contributed by atoms with Crippen LogP contribution in [0.15, 0.2) is 76.1 Å². The number of benzene rings is 2. The van der Waals surface area contributed by atoms with E-state index >= 15 is 0 Å². The van der Waals surface area contributed by atoms with Crippen LogP contribution in [0, 0.1) is 0 Å². The summed E-state index contributed by atoms with van der Waals surface area (Å²) >= 11 is 6.54. The molecule has 0 aliphatic carbocycles. The van der Waals surface area contributed by atoms with Gasteiger partial charge >= 0.3 is 0 Å². The predicted molar refractivity (Wildman–Crippen MR) is 128 cm³/mol. The zero-order chi connectivity index (χ0) is 22.5. The molecular weight excluding hydrogens is 442 g/mol. The molecule has 1 aromatic heterocycles. The number of rotatable bonds is 8. The summed E-state index contributed by atoms with van der Waals surface area (Å²) in [6.07, 6.45) is 2.68. The van der Waals surface area contributed by atoms with Crippen LogP contribution in [0.25, 0.3) is 28.5 Å². The smallest absolute Gasteiger partial charge is 0.266 e. The standard InChI is InChI=1S/C25H21NO4S2/c27-23(28)8-4-5-15-26-24(29)22(32-25(26)31)16-20-13-14-21(30-20)19-11-9-18(10-12-19)17-6-2-1-3-7-17/h1-3,6-7,9-14,16H,4-5,8,15H2,(H,27,28)/p-1/b22-16-. The maximum Gasteiger partial charge on any atom is 0.266 e. The highest BCUT2D eigenvalue weighted by Gasteiger charge is 2.31. The molecule has 5 nitrogen and oxygen atoms in total. The van der Waals surface area contributed by atoms with Gasteiger partial charge in [0.05, 0.1) is 4.91 Å². The largest absolute Gasteiger partial charge is 0.550 e. The van der Waals surface area contributed by atoms with Gasteiger partial charge in [0.15, 0.2) is 0 Å². The van der Waals surface area contributed by atoms with Gasteiger partial charge in [0.1, 0.15) is 15.8 Å². The number of hydrogen-bond donors (Lipinski definition) is 0. The minimum Gasteiger partial charge on any atom is -0.550 e. The Hall–Kier alpha value is -3.16. The molecule has 0 atom stereocenters. The number of aliphatic carboxylic acids is 1. The molecule has 0 saturated carbocycles. The Balaban J connectivity index is 1.43. The van der Waals surface area contributed by atoms with Gasteiger partial charge in [0, 0.05) is 24.2 Å². The summed E-state index contributed by atoms with van der Waals surface area (Å²) in [7, 11) is 0. The molecule has 0 radical (unpaired) electrons. The van der Waals surface area contributed by atoms with Crippen molar-refractivity contribution in [1.82, 2.24) is 4.90 Å². The van der Waals surface area contributed by atoms with Gasteiger partial charge in [-0.05, 0) is 42.5 Å². The molecule has 1 amide bonds. The molecule has 0 N–H and O–H groups in total. The van der Waals surface area contributed by atoms with E-state index in [-0.39, 0.29) is 12.3 Å². The molecular formula is C25H20NO4S2-. The zero-order valence-electron chi connectivity index (χ0n) is 17.2. The summed E-state index contributed by atoms with van der Waals surface area (Å²) in [5.41, 5.74) is 3.23. The van der Waals surface area contributed by atoms with E-state index in [1.54, 1.807) is 6.08 Å². The summed E-state index contributed by atoms with van der Waals surface area (Å²) in [6.45, 7) is 0.395. The quantitative estimate of drug-likeness (QED) is 0.274. The molecule has 3 aromatic rings. The van der Waals surface area contributed by atoms with Gasteiger partial charge in [0.25, 0.3) is 5.91 Å². The number of nitrogens with zero attached hydrogens (tertiary/aromatic N) is 1. The molecule has 2 heterocycles. The Bertz CT molecular complexity index is 1170. The highest BCUT2D eigenvalue weighted by molar-refractivity contribution is 8.26. The average Bonchev–Trinajstić information content (AvgIpc) is 3.37. The van der Waals surface area contributed by atoms with E-state index in [0.29, 0.717) is 40.1 Å². The Kier molecular flexibility index (Phi) is 6.87. The van der Waals surface area contributed by atoms with Crippen molar-refractivity contribution in [1.29, 1.82) is 0 Å². The highest BCUT2D eigenvalue weighted by atomic mass is 32.2. The molecule has 0 unspecified atom stereocenters. The number of carboxylic acid groups (broad SMARTS) is 1. The van der Waals surface area contributed by atoms with Crippen LogP contribution in [-0.4, -0.2) is 27.6 Å². The van der Waals surface area contributed by atoms with Crippen LogP contribution >= 0.6 is 24.0 Å².